The number of nitrogens with zero attached hydrogens (tertiary/aromatic N) is 1. The Morgan fingerprint density at radius 1 is 1.42 bits per heavy atom. The van der Waals surface area contributed by atoms with Crippen LogP contribution in [0, 0.1) is 10.1 Å². The number of hydrogen-bond acceptors (Lipinski definition) is 5. The van der Waals surface area contributed by atoms with Crippen LogP contribution in [0.1, 0.15) is 18.7 Å². The van der Waals surface area contributed by atoms with Gasteiger partial charge in [-0.15, -0.1) is 0 Å². The van der Waals surface area contributed by atoms with Gasteiger partial charge in [0.15, 0.2) is 4.67 Å². The van der Waals surface area contributed by atoms with Crippen molar-refractivity contribution in [3.63, 3.8) is 0 Å². The van der Waals surface area contributed by atoms with Crippen molar-refractivity contribution in [1.29, 1.82) is 0 Å². The van der Waals surface area contributed by atoms with Crippen molar-refractivity contribution in [3.05, 3.63) is 50.9 Å². The number of aromatic hydroxyl groups is 1. The summed E-state index contributed by atoms with van der Waals surface area (Å²) in [6.07, 6.45) is 0. The minimum absolute atomic E-state index is 0.148. The molecule has 0 saturated carbocycles. The molecule has 2 rings (SSSR count). The predicted molar refractivity (Wildman–Crippen MR) is 73.2 cm³/mol. The van der Waals surface area contributed by atoms with Crippen LogP contribution in [0.5, 0.6) is 5.75 Å². The third kappa shape index (κ3) is 3.05. The minimum Gasteiger partial charge on any atom is -0.508 e. The van der Waals surface area contributed by atoms with Crippen LogP contribution in [0.4, 0.5) is 11.4 Å². The highest BCUT2D eigenvalue weighted by molar-refractivity contribution is 9.10. The highest BCUT2D eigenvalue weighted by atomic mass is 79.9. The zero-order valence-corrected chi connectivity index (χ0v) is 11.5. The summed E-state index contributed by atoms with van der Waals surface area (Å²) >= 11 is 3.20. The van der Waals surface area contributed by atoms with Crippen molar-refractivity contribution >= 4 is 27.3 Å². The molecule has 0 bridgehead atoms. The maximum atomic E-state index is 10.9. The molecule has 1 unspecified atom stereocenters. The third-order valence-electron chi connectivity index (χ3n) is 2.57. The molecule has 7 heteroatoms. The molecule has 0 aliphatic rings. The molecular weight excluding hydrogens is 316 g/mol. The second-order valence-electron chi connectivity index (χ2n) is 3.97. The van der Waals surface area contributed by atoms with Crippen LogP contribution < -0.4 is 5.32 Å². The molecule has 1 atom stereocenters. The first-order valence-corrected chi connectivity index (χ1v) is 6.26. The van der Waals surface area contributed by atoms with Crippen molar-refractivity contribution in [2.24, 2.45) is 0 Å². The number of phenols is 1. The molecular formula is C12H11BrN2O4. The Morgan fingerprint density at radius 3 is 2.74 bits per heavy atom. The number of hydrogen-bond donors (Lipinski definition) is 2. The Morgan fingerprint density at radius 2 is 2.16 bits per heavy atom. The quantitative estimate of drug-likeness (QED) is 0.506. The van der Waals surface area contributed by atoms with Crippen LogP contribution in [-0.4, -0.2) is 10.0 Å². The van der Waals surface area contributed by atoms with Gasteiger partial charge >= 0.3 is 0 Å². The first-order chi connectivity index (χ1) is 8.97. The van der Waals surface area contributed by atoms with Crippen LogP contribution in [0.25, 0.3) is 0 Å². The highest BCUT2D eigenvalue weighted by Gasteiger charge is 2.18. The molecule has 0 saturated heterocycles. The molecule has 0 radical (unpaired) electrons. The van der Waals surface area contributed by atoms with E-state index in [1.54, 1.807) is 12.1 Å². The average Bonchev–Trinajstić information content (AvgIpc) is 2.78. The van der Waals surface area contributed by atoms with E-state index in [1.165, 1.54) is 12.1 Å². The zero-order valence-electron chi connectivity index (χ0n) is 9.96. The van der Waals surface area contributed by atoms with Gasteiger partial charge in [-0.05, 0) is 47.1 Å². The van der Waals surface area contributed by atoms with E-state index in [0.29, 0.717) is 16.1 Å². The number of furan rings is 1. The molecule has 0 spiro atoms. The van der Waals surface area contributed by atoms with Crippen LogP contribution in [0.3, 0.4) is 0 Å². The summed E-state index contributed by atoms with van der Waals surface area (Å²) in [6.45, 7) is 1.82. The van der Waals surface area contributed by atoms with E-state index in [2.05, 4.69) is 21.2 Å². The van der Waals surface area contributed by atoms with E-state index in [-0.39, 0.29) is 17.5 Å². The van der Waals surface area contributed by atoms with Crippen molar-refractivity contribution < 1.29 is 14.4 Å². The van der Waals surface area contributed by atoms with Crippen molar-refractivity contribution in [3.8, 4) is 5.75 Å². The van der Waals surface area contributed by atoms with Gasteiger partial charge in [-0.1, -0.05) is 0 Å². The summed E-state index contributed by atoms with van der Waals surface area (Å²) in [7, 11) is 0. The van der Waals surface area contributed by atoms with Crippen LogP contribution >= 0.6 is 15.9 Å². The SMILES string of the molecule is CC(Nc1ccc(O)cc1[N+](=O)[O-])c1ccc(Br)o1. The van der Waals surface area contributed by atoms with Crippen LogP contribution in [0.15, 0.2) is 39.4 Å². The lowest BCUT2D eigenvalue weighted by molar-refractivity contribution is -0.384. The molecule has 1 aromatic carbocycles. The van der Waals surface area contributed by atoms with Crippen LogP contribution in [-0.2, 0) is 0 Å². The van der Waals surface area contributed by atoms with E-state index in [0.717, 1.165) is 6.07 Å². The zero-order chi connectivity index (χ0) is 14.0. The van der Waals surface area contributed by atoms with Gasteiger partial charge in [0.2, 0.25) is 0 Å². The van der Waals surface area contributed by atoms with E-state index in [4.69, 9.17) is 4.42 Å². The Bertz CT molecular complexity index is 612. The summed E-state index contributed by atoms with van der Waals surface area (Å²) in [5.74, 6) is 0.500. The molecule has 1 heterocycles. The van der Waals surface area contributed by atoms with Gasteiger partial charge in [-0.3, -0.25) is 10.1 Å². The normalized spacial score (nSPS) is 12.1. The van der Waals surface area contributed by atoms with E-state index >= 15 is 0 Å². The maximum Gasteiger partial charge on any atom is 0.296 e. The molecule has 6 nitrogen and oxygen atoms in total. The topological polar surface area (TPSA) is 88.5 Å². The summed E-state index contributed by atoms with van der Waals surface area (Å²) in [5, 5.41) is 23.2. The predicted octanol–water partition coefficient (Wildman–Crippen LogP) is 3.83. The summed E-state index contributed by atoms with van der Waals surface area (Å²) in [5.41, 5.74) is 0.139. The maximum absolute atomic E-state index is 10.9. The Hall–Kier alpha value is -2.02. The van der Waals surface area contributed by atoms with Gasteiger partial charge in [0.25, 0.3) is 5.69 Å². The molecule has 0 amide bonds. The number of anilines is 1. The Kier molecular flexibility index (Phi) is 3.75. The lowest BCUT2D eigenvalue weighted by Gasteiger charge is -2.13. The van der Waals surface area contributed by atoms with Gasteiger partial charge in [-0.25, -0.2) is 0 Å². The van der Waals surface area contributed by atoms with Gasteiger partial charge in [-0.2, -0.15) is 0 Å². The molecule has 100 valence electrons. The molecule has 1 aromatic heterocycles. The molecule has 0 aliphatic carbocycles. The monoisotopic (exact) mass is 326 g/mol. The van der Waals surface area contributed by atoms with E-state index in [1.807, 2.05) is 6.92 Å². The summed E-state index contributed by atoms with van der Waals surface area (Å²) < 4.78 is 5.97. The van der Waals surface area contributed by atoms with Crippen molar-refractivity contribution in [2.75, 3.05) is 5.32 Å². The Balaban J connectivity index is 2.26. The fourth-order valence-electron chi connectivity index (χ4n) is 1.66. The largest absolute Gasteiger partial charge is 0.508 e. The number of nitro benzene ring substituents is 1. The number of rotatable bonds is 4. The number of phenolic OH excluding ortho intramolecular Hbond substituents is 1. The fourth-order valence-corrected chi connectivity index (χ4v) is 1.98. The summed E-state index contributed by atoms with van der Waals surface area (Å²) in [6, 6.07) is 7.23. The van der Waals surface area contributed by atoms with Crippen LogP contribution in [0.2, 0.25) is 0 Å². The first-order valence-electron chi connectivity index (χ1n) is 5.46. The molecule has 2 aromatic rings. The number of nitro groups is 1. The molecule has 19 heavy (non-hydrogen) atoms. The van der Waals surface area contributed by atoms with Gasteiger partial charge in [0.05, 0.1) is 17.0 Å². The lowest BCUT2D eigenvalue weighted by atomic mass is 10.2. The van der Waals surface area contributed by atoms with Gasteiger partial charge in [0.1, 0.15) is 17.2 Å². The van der Waals surface area contributed by atoms with Crippen molar-refractivity contribution in [2.45, 2.75) is 13.0 Å². The Labute approximate surface area is 117 Å². The molecule has 0 aliphatic heterocycles. The number of nitrogens with one attached hydrogen (secondary N) is 1. The third-order valence-corrected chi connectivity index (χ3v) is 3.00. The smallest absolute Gasteiger partial charge is 0.296 e. The first kappa shape index (κ1) is 13.4. The van der Waals surface area contributed by atoms with E-state index < -0.39 is 4.92 Å². The fraction of sp³-hybridized carbons (Fsp3) is 0.167. The number of benzene rings is 1. The average molecular weight is 327 g/mol. The lowest BCUT2D eigenvalue weighted by Crippen LogP contribution is -2.07. The molecule has 0 fully saturated rings. The number of halogens is 1. The standard InChI is InChI=1S/C12H11BrN2O4/c1-7(11-4-5-12(13)19-11)14-9-3-2-8(16)6-10(9)15(17)18/h2-7,14,16H,1H3. The summed E-state index contributed by atoms with van der Waals surface area (Å²) in [4.78, 5) is 10.4. The van der Waals surface area contributed by atoms with Crippen molar-refractivity contribution in [1.82, 2.24) is 0 Å². The van der Waals surface area contributed by atoms with Gasteiger partial charge in [0, 0.05) is 0 Å². The molecule has 2 N–H and O–H groups in total. The van der Waals surface area contributed by atoms with Gasteiger partial charge < -0.3 is 14.8 Å². The highest BCUT2D eigenvalue weighted by Crippen LogP contribution is 2.32. The second-order valence-corrected chi connectivity index (χ2v) is 4.75. The minimum atomic E-state index is -0.549. The second kappa shape index (κ2) is 5.31. The van der Waals surface area contributed by atoms with E-state index in [9.17, 15) is 15.2 Å².